The molecule has 100 valence electrons. The quantitative estimate of drug-likeness (QED) is 0.878. The number of carbonyl (C=O) groups is 1. The van der Waals surface area contributed by atoms with Crippen LogP contribution < -0.4 is 5.56 Å². The number of halogens is 1. The highest BCUT2D eigenvalue weighted by atomic mass is 35.5. The van der Waals surface area contributed by atoms with Crippen molar-refractivity contribution in [3.05, 3.63) is 50.9 Å². The molecule has 0 saturated carbocycles. The van der Waals surface area contributed by atoms with E-state index in [4.69, 9.17) is 16.3 Å². The Morgan fingerprint density at radius 2 is 2.21 bits per heavy atom. The average molecular weight is 281 g/mol. The van der Waals surface area contributed by atoms with Crippen LogP contribution in [0.4, 0.5) is 0 Å². The van der Waals surface area contributed by atoms with E-state index in [1.165, 1.54) is 10.9 Å². The standard InChI is InChI=1S/C13H13ClN2O3/c1-3-19-13(18)10-7-15-16(12(10)17)9-5-4-8(2)11(14)6-9/h4-7,15H,3H2,1-2H3. The van der Waals surface area contributed by atoms with Crippen molar-refractivity contribution in [1.82, 2.24) is 9.78 Å². The fourth-order valence-electron chi connectivity index (χ4n) is 1.64. The molecule has 0 amide bonds. The van der Waals surface area contributed by atoms with Crippen LogP contribution in [0.1, 0.15) is 22.8 Å². The van der Waals surface area contributed by atoms with E-state index in [1.54, 1.807) is 25.1 Å². The lowest BCUT2D eigenvalue weighted by atomic mass is 10.2. The number of hydrogen-bond donors (Lipinski definition) is 1. The third-order valence-electron chi connectivity index (χ3n) is 2.68. The first kappa shape index (κ1) is 13.4. The molecule has 0 radical (unpaired) electrons. The fraction of sp³-hybridized carbons (Fsp3) is 0.231. The van der Waals surface area contributed by atoms with Gasteiger partial charge in [-0.1, -0.05) is 17.7 Å². The second kappa shape index (κ2) is 5.32. The van der Waals surface area contributed by atoms with Crippen LogP contribution in [-0.2, 0) is 4.74 Å². The number of aromatic amines is 1. The Bertz CT molecular complexity index is 673. The maximum atomic E-state index is 12.1. The van der Waals surface area contributed by atoms with Gasteiger partial charge in [0.25, 0.3) is 5.56 Å². The molecule has 0 atom stereocenters. The van der Waals surface area contributed by atoms with E-state index in [2.05, 4.69) is 5.10 Å². The number of benzene rings is 1. The highest BCUT2D eigenvalue weighted by molar-refractivity contribution is 6.31. The normalized spacial score (nSPS) is 10.5. The van der Waals surface area contributed by atoms with E-state index in [9.17, 15) is 9.59 Å². The maximum absolute atomic E-state index is 12.1. The Morgan fingerprint density at radius 3 is 2.84 bits per heavy atom. The molecular weight excluding hydrogens is 268 g/mol. The summed E-state index contributed by atoms with van der Waals surface area (Å²) in [6.45, 7) is 3.77. The van der Waals surface area contributed by atoms with Crippen LogP contribution >= 0.6 is 11.6 Å². The first-order valence-corrected chi connectivity index (χ1v) is 6.16. The number of nitrogens with zero attached hydrogens (tertiary/aromatic N) is 1. The van der Waals surface area contributed by atoms with E-state index in [-0.39, 0.29) is 12.2 Å². The molecule has 0 spiro atoms. The molecule has 0 bridgehead atoms. The summed E-state index contributed by atoms with van der Waals surface area (Å²) in [6, 6.07) is 5.20. The van der Waals surface area contributed by atoms with Crippen molar-refractivity contribution in [3.8, 4) is 5.69 Å². The molecule has 1 aromatic carbocycles. The average Bonchev–Trinajstić information content (AvgIpc) is 2.75. The minimum atomic E-state index is -0.638. The summed E-state index contributed by atoms with van der Waals surface area (Å²) >= 11 is 6.01. The van der Waals surface area contributed by atoms with Crippen LogP contribution in [0, 0.1) is 6.92 Å². The highest BCUT2D eigenvalue weighted by Gasteiger charge is 2.16. The van der Waals surface area contributed by atoms with Crippen LogP contribution in [0.5, 0.6) is 0 Å². The summed E-state index contributed by atoms with van der Waals surface area (Å²) < 4.78 is 6.05. The fourth-order valence-corrected chi connectivity index (χ4v) is 1.81. The number of aryl methyl sites for hydroxylation is 1. The van der Waals surface area contributed by atoms with Crippen molar-refractivity contribution in [2.45, 2.75) is 13.8 Å². The van der Waals surface area contributed by atoms with Gasteiger partial charge in [-0.05, 0) is 31.5 Å². The molecule has 1 N–H and O–H groups in total. The summed E-state index contributed by atoms with van der Waals surface area (Å²) in [7, 11) is 0. The van der Waals surface area contributed by atoms with Crippen molar-refractivity contribution in [3.63, 3.8) is 0 Å². The van der Waals surface area contributed by atoms with Crippen LogP contribution in [-0.4, -0.2) is 22.4 Å². The van der Waals surface area contributed by atoms with Gasteiger partial charge in [0, 0.05) is 11.2 Å². The summed E-state index contributed by atoms with van der Waals surface area (Å²) in [5, 5.41) is 3.27. The topological polar surface area (TPSA) is 64.1 Å². The lowest BCUT2D eigenvalue weighted by molar-refractivity contribution is 0.0525. The number of rotatable bonds is 3. The molecule has 2 rings (SSSR count). The Kier molecular flexibility index (Phi) is 3.76. The van der Waals surface area contributed by atoms with Crippen LogP contribution in [0.3, 0.4) is 0 Å². The van der Waals surface area contributed by atoms with Crippen molar-refractivity contribution in [2.75, 3.05) is 6.61 Å². The molecule has 0 unspecified atom stereocenters. The molecule has 1 heterocycles. The Balaban J connectivity index is 2.44. The molecule has 0 aliphatic rings. The first-order chi connectivity index (χ1) is 9.04. The van der Waals surface area contributed by atoms with Gasteiger partial charge in [0.05, 0.1) is 12.3 Å². The van der Waals surface area contributed by atoms with Gasteiger partial charge < -0.3 is 4.74 Å². The van der Waals surface area contributed by atoms with Crippen molar-refractivity contribution >= 4 is 17.6 Å². The lowest BCUT2D eigenvalue weighted by Crippen LogP contribution is -2.21. The smallest absolute Gasteiger partial charge is 0.345 e. The van der Waals surface area contributed by atoms with E-state index in [0.29, 0.717) is 10.7 Å². The van der Waals surface area contributed by atoms with Gasteiger partial charge >= 0.3 is 5.97 Å². The van der Waals surface area contributed by atoms with Crippen molar-refractivity contribution in [2.24, 2.45) is 0 Å². The van der Waals surface area contributed by atoms with Crippen molar-refractivity contribution < 1.29 is 9.53 Å². The Labute approximate surface area is 114 Å². The number of aromatic nitrogens is 2. The predicted octanol–water partition coefficient (Wildman–Crippen LogP) is 2.30. The molecule has 5 nitrogen and oxygen atoms in total. The van der Waals surface area contributed by atoms with E-state index in [1.807, 2.05) is 6.92 Å². The van der Waals surface area contributed by atoms with Gasteiger partial charge in [0.15, 0.2) is 0 Å². The maximum Gasteiger partial charge on any atom is 0.345 e. The summed E-state index contributed by atoms with van der Waals surface area (Å²) in [6.07, 6.45) is 1.33. The van der Waals surface area contributed by atoms with Gasteiger partial charge in [0.1, 0.15) is 5.56 Å². The summed E-state index contributed by atoms with van der Waals surface area (Å²) in [4.78, 5) is 23.6. The second-order valence-corrected chi connectivity index (χ2v) is 4.39. The number of nitrogens with one attached hydrogen (secondary N) is 1. The molecule has 0 aliphatic carbocycles. The Morgan fingerprint density at radius 1 is 1.47 bits per heavy atom. The zero-order valence-electron chi connectivity index (χ0n) is 10.6. The number of hydrogen-bond acceptors (Lipinski definition) is 3. The second-order valence-electron chi connectivity index (χ2n) is 3.98. The molecular formula is C13H13ClN2O3. The monoisotopic (exact) mass is 280 g/mol. The van der Waals surface area contributed by atoms with Gasteiger partial charge in [-0.3, -0.25) is 9.89 Å². The van der Waals surface area contributed by atoms with E-state index >= 15 is 0 Å². The molecule has 0 fully saturated rings. The summed E-state index contributed by atoms with van der Waals surface area (Å²) in [5.41, 5.74) is 0.990. The summed E-state index contributed by atoms with van der Waals surface area (Å²) in [5.74, 6) is -0.638. The first-order valence-electron chi connectivity index (χ1n) is 5.78. The third kappa shape index (κ3) is 2.56. The number of H-pyrrole nitrogens is 1. The van der Waals surface area contributed by atoms with Gasteiger partial charge in [-0.15, -0.1) is 0 Å². The zero-order valence-corrected chi connectivity index (χ0v) is 11.3. The van der Waals surface area contributed by atoms with Crippen molar-refractivity contribution in [1.29, 1.82) is 0 Å². The number of ether oxygens (including phenoxy) is 1. The Hall–Kier alpha value is -2.01. The third-order valence-corrected chi connectivity index (χ3v) is 3.09. The molecule has 19 heavy (non-hydrogen) atoms. The SMILES string of the molecule is CCOC(=O)c1c[nH]n(-c2ccc(C)c(Cl)c2)c1=O. The van der Waals surface area contributed by atoms with E-state index in [0.717, 1.165) is 5.56 Å². The molecule has 0 saturated heterocycles. The lowest BCUT2D eigenvalue weighted by Gasteiger charge is -2.03. The molecule has 6 heteroatoms. The minimum absolute atomic E-state index is 0.0291. The number of carbonyl (C=O) groups excluding carboxylic acids is 1. The molecule has 1 aromatic heterocycles. The highest BCUT2D eigenvalue weighted by Crippen LogP contribution is 2.18. The van der Waals surface area contributed by atoms with Gasteiger partial charge in [0.2, 0.25) is 0 Å². The zero-order chi connectivity index (χ0) is 14.0. The largest absolute Gasteiger partial charge is 0.462 e. The van der Waals surface area contributed by atoms with Crippen LogP contribution in [0.2, 0.25) is 5.02 Å². The van der Waals surface area contributed by atoms with Crippen LogP contribution in [0.25, 0.3) is 5.69 Å². The van der Waals surface area contributed by atoms with Gasteiger partial charge in [-0.25, -0.2) is 9.48 Å². The minimum Gasteiger partial charge on any atom is -0.462 e. The van der Waals surface area contributed by atoms with E-state index < -0.39 is 11.5 Å². The molecule has 2 aromatic rings. The number of esters is 1. The van der Waals surface area contributed by atoms with Gasteiger partial charge in [-0.2, -0.15) is 0 Å². The molecule has 0 aliphatic heterocycles. The predicted molar refractivity (Wildman–Crippen MR) is 72.1 cm³/mol. The van der Waals surface area contributed by atoms with Crippen LogP contribution in [0.15, 0.2) is 29.2 Å².